The summed E-state index contributed by atoms with van der Waals surface area (Å²) >= 11 is 0. The number of rotatable bonds is 4. The van der Waals surface area contributed by atoms with Gasteiger partial charge in [-0.15, -0.1) is 0 Å². The van der Waals surface area contributed by atoms with E-state index in [1.54, 1.807) is 0 Å². The molecule has 1 atom stereocenters. The summed E-state index contributed by atoms with van der Waals surface area (Å²) in [6, 6.07) is 0. The maximum atomic E-state index is 11.4. The molecule has 0 heterocycles. The van der Waals surface area contributed by atoms with Crippen molar-refractivity contribution in [3.8, 4) is 0 Å². The van der Waals surface area contributed by atoms with Gasteiger partial charge in [-0.05, 0) is 19.3 Å². The summed E-state index contributed by atoms with van der Waals surface area (Å²) in [6.07, 6.45) is 9.43. The van der Waals surface area contributed by atoms with Gasteiger partial charge in [-0.2, -0.15) is 0 Å². The Labute approximate surface area is 75.5 Å². The Kier molecular flexibility index (Phi) is 4.34. The first kappa shape index (κ1) is 9.76. The van der Waals surface area contributed by atoms with Crippen LogP contribution in [0.25, 0.3) is 0 Å². The molecule has 1 saturated carbocycles. The highest BCUT2D eigenvalue weighted by molar-refractivity contribution is 5.81. The minimum Gasteiger partial charge on any atom is -0.299 e. The SMILES string of the molecule is CCCCC[C@@H]1CCCCC1=O. The molecule has 0 aromatic rings. The fourth-order valence-electron chi connectivity index (χ4n) is 2.00. The van der Waals surface area contributed by atoms with E-state index in [4.69, 9.17) is 0 Å². The van der Waals surface area contributed by atoms with Crippen molar-refractivity contribution in [2.75, 3.05) is 0 Å². The fourth-order valence-corrected chi connectivity index (χ4v) is 2.00. The van der Waals surface area contributed by atoms with E-state index in [0.717, 1.165) is 19.3 Å². The van der Waals surface area contributed by atoms with Crippen LogP contribution in [-0.4, -0.2) is 5.78 Å². The molecule has 0 spiro atoms. The molecule has 1 aliphatic rings. The standard InChI is InChI=1S/C11H20O/c1-2-3-4-7-10-8-5-6-9-11(10)12/h10H,2-9H2,1H3/t10-/m1/s1. The van der Waals surface area contributed by atoms with Crippen molar-refractivity contribution in [3.63, 3.8) is 0 Å². The molecular formula is C11H20O. The molecule has 0 N–H and O–H groups in total. The lowest BCUT2D eigenvalue weighted by molar-refractivity contribution is -0.124. The van der Waals surface area contributed by atoms with Crippen LogP contribution >= 0.6 is 0 Å². The molecule has 0 aliphatic heterocycles. The van der Waals surface area contributed by atoms with E-state index >= 15 is 0 Å². The van der Waals surface area contributed by atoms with Gasteiger partial charge in [0.2, 0.25) is 0 Å². The smallest absolute Gasteiger partial charge is 0.135 e. The summed E-state index contributed by atoms with van der Waals surface area (Å²) in [4.78, 5) is 11.4. The number of carbonyl (C=O) groups is 1. The lowest BCUT2D eigenvalue weighted by Crippen LogP contribution is -2.18. The van der Waals surface area contributed by atoms with E-state index in [1.165, 1.54) is 32.1 Å². The van der Waals surface area contributed by atoms with Crippen molar-refractivity contribution in [1.82, 2.24) is 0 Å². The first-order valence-corrected chi connectivity index (χ1v) is 5.37. The highest BCUT2D eigenvalue weighted by atomic mass is 16.1. The van der Waals surface area contributed by atoms with E-state index in [9.17, 15) is 4.79 Å². The van der Waals surface area contributed by atoms with Gasteiger partial charge in [-0.3, -0.25) is 4.79 Å². The first-order valence-electron chi connectivity index (χ1n) is 5.37. The summed E-state index contributed by atoms with van der Waals surface area (Å²) < 4.78 is 0. The van der Waals surface area contributed by atoms with Gasteiger partial charge in [0.1, 0.15) is 5.78 Å². The molecule has 1 rings (SSSR count). The van der Waals surface area contributed by atoms with Crippen LogP contribution in [0.5, 0.6) is 0 Å². The molecule has 1 nitrogen and oxygen atoms in total. The number of unbranched alkanes of at least 4 members (excludes halogenated alkanes) is 2. The van der Waals surface area contributed by atoms with Crippen molar-refractivity contribution in [2.45, 2.75) is 58.3 Å². The average Bonchev–Trinajstić information content (AvgIpc) is 2.09. The summed E-state index contributed by atoms with van der Waals surface area (Å²) in [5, 5.41) is 0. The van der Waals surface area contributed by atoms with Crippen molar-refractivity contribution in [3.05, 3.63) is 0 Å². The summed E-state index contributed by atoms with van der Waals surface area (Å²) in [6.45, 7) is 2.21. The second-order valence-electron chi connectivity index (χ2n) is 3.90. The van der Waals surface area contributed by atoms with Gasteiger partial charge in [-0.25, -0.2) is 0 Å². The quantitative estimate of drug-likeness (QED) is 0.588. The molecule has 70 valence electrons. The van der Waals surface area contributed by atoms with Crippen LogP contribution in [-0.2, 0) is 4.79 Å². The van der Waals surface area contributed by atoms with Crippen molar-refractivity contribution >= 4 is 5.78 Å². The van der Waals surface area contributed by atoms with Crippen LogP contribution in [0, 0.1) is 5.92 Å². The summed E-state index contributed by atoms with van der Waals surface area (Å²) in [5.41, 5.74) is 0. The summed E-state index contributed by atoms with van der Waals surface area (Å²) in [5.74, 6) is 0.975. The molecule has 0 radical (unpaired) electrons. The zero-order valence-electron chi connectivity index (χ0n) is 8.14. The van der Waals surface area contributed by atoms with Gasteiger partial charge < -0.3 is 0 Å². The Morgan fingerprint density at radius 2 is 2.17 bits per heavy atom. The Hall–Kier alpha value is -0.330. The molecule has 1 heteroatoms. The van der Waals surface area contributed by atoms with Crippen LogP contribution in [0.2, 0.25) is 0 Å². The molecule has 0 saturated heterocycles. The van der Waals surface area contributed by atoms with Crippen molar-refractivity contribution in [2.24, 2.45) is 5.92 Å². The van der Waals surface area contributed by atoms with Crippen LogP contribution in [0.1, 0.15) is 58.3 Å². The zero-order chi connectivity index (χ0) is 8.81. The van der Waals surface area contributed by atoms with E-state index in [2.05, 4.69) is 6.92 Å². The lowest BCUT2D eigenvalue weighted by atomic mass is 9.84. The predicted octanol–water partition coefficient (Wildman–Crippen LogP) is 3.33. The number of ketones is 1. The maximum Gasteiger partial charge on any atom is 0.135 e. The molecule has 12 heavy (non-hydrogen) atoms. The number of Topliss-reactive ketones (excluding diaryl/α,β-unsaturated/α-hetero) is 1. The van der Waals surface area contributed by atoms with Crippen molar-refractivity contribution in [1.29, 1.82) is 0 Å². The monoisotopic (exact) mass is 168 g/mol. The Bertz CT molecular complexity index is 140. The van der Waals surface area contributed by atoms with Gasteiger partial charge in [0, 0.05) is 12.3 Å². The number of hydrogen-bond acceptors (Lipinski definition) is 1. The molecule has 0 unspecified atom stereocenters. The third-order valence-corrected chi connectivity index (χ3v) is 2.84. The summed E-state index contributed by atoms with van der Waals surface area (Å²) in [7, 11) is 0. The predicted molar refractivity (Wildman–Crippen MR) is 51.1 cm³/mol. The maximum absolute atomic E-state index is 11.4. The largest absolute Gasteiger partial charge is 0.299 e. The van der Waals surface area contributed by atoms with Gasteiger partial charge in [-0.1, -0.05) is 32.6 Å². The normalized spacial score (nSPS) is 24.4. The third kappa shape index (κ3) is 2.96. The first-order chi connectivity index (χ1) is 5.84. The van der Waals surface area contributed by atoms with Gasteiger partial charge >= 0.3 is 0 Å². The molecule has 0 aromatic carbocycles. The topological polar surface area (TPSA) is 17.1 Å². The van der Waals surface area contributed by atoms with Crippen LogP contribution < -0.4 is 0 Å². The second kappa shape index (κ2) is 5.34. The molecule has 0 bridgehead atoms. The zero-order valence-corrected chi connectivity index (χ0v) is 8.14. The number of carbonyl (C=O) groups excluding carboxylic acids is 1. The molecule has 0 amide bonds. The Morgan fingerprint density at radius 1 is 1.33 bits per heavy atom. The second-order valence-corrected chi connectivity index (χ2v) is 3.90. The van der Waals surface area contributed by atoms with Gasteiger partial charge in [0.15, 0.2) is 0 Å². The van der Waals surface area contributed by atoms with Crippen LogP contribution in [0.3, 0.4) is 0 Å². The fraction of sp³-hybridized carbons (Fsp3) is 0.909. The van der Waals surface area contributed by atoms with Gasteiger partial charge in [0.25, 0.3) is 0 Å². The molecular weight excluding hydrogens is 148 g/mol. The van der Waals surface area contributed by atoms with Crippen LogP contribution in [0.4, 0.5) is 0 Å². The van der Waals surface area contributed by atoms with E-state index in [-0.39, 0.29) is 0 Å². The van der Waals surface area contributed by atoms with Gasteiger partial charge in [0.05, 0.1) is 0 Å². The lowest BCUT2D eigenvalue weighted by Gasteiger charge is -2.19. The minimum absolute atomic E-state index is 0.435. The van der Waals surface area contributed by atoms with E-state index in [1.807, 2.05) is 0 Å². The minimum atomic E-state index is 0.435. The van der Waals surface area contributed by atoms with E-state index < -0.39 is 0 Å². The molecule has 1 aliphatic carbocycles. The highest BCUT2D eigenvalue weighted by Gasteiger charge is 2.20. The van der Waals surface area contributed by atoms with Crippen molar-refractivity contribution < 1.29 is 4.79 Å². The molecule has 0 aromatic heterocycles. The third-order valence-electron chi connectivity index (χ3n) is 2.84. The molecule has 1 fully saturated rings. The highest BCUT2D eigenvalue weighted by Crippen LogP contribution is 2.25. The van der Waals surface area contributed by atoms with Crippen LogP contribution in [0.15, 0.2) is 0 Å². The number of hydrogen-bond donors (Lipinski definition) is 0. The average molecular weight is 168 g/mol. The Morgan fingerprint density at radius 3 is 2.83 bits per heavy atom. The Balaban J connectivity index is 2.16. The van der Waals surface area contributed by atoms with E-state index in [0.29, 0.717) is 11.7 Å².